The standard InChI is InChI=1S/C4H11N.CH2O2.Na/c1-3-5-4-2;2-1-3;/h5H,3-4H2,1-2H3;1H,(H,2,3);/q;;+1/p-1. The molecule has 0 aromatic rings. The number of nitrogens with one attached hydrogen (secondary N) is 1. The SMILES string of the molecule is CCNCC.O=C[O-].[Na+]. The Hall–Kier alpha value is 0.430. The molecular weight excluding hydrogens is 129 g/mol. The zero-order valence-corrected chi connectivity index (χ0v) is 8.31. The van der Waals surface area contributed by atoms with Crippen LogP contribution in [0.5, 0.6) is 0 Å². The molecule has 4 heteroatoms. The van der Waals surface area contributed by atoms with E-state index in [-0.39, 0.29) is 29.6 Å². The molecule has 0 unspecified atom stereocenters. The first-order valence-corrected chi connectivity index (χ1v) is 2.59. The number of rotatable bonds is 2. The maximum atomic E-state index is 8.25. The molecular formula is C5H12NNaO2. The van der Waals surface area contributed by atoms with Crippen LogP contribution in [-0.2, 0) is 4.79 Å². The monoisotopic (exact) mass is 141 g/mol. The van der Waals surface area contributed by atoms with Crippen LogP contribution in [0, 0.1) is 0 Å². The average Bonchev–Trinajstić information content (AvgIpc) is 1.71. The second kappa shape index (κ2) is 23.7. The summed E-state index contributed by atoms with van der Waals surface area (Å²) in [6.45, 7) is 5.89. The van der Waals surface area contributed by atoms with E-state index in [0.717, 1.165) is 13.1 Å². The maximum absolute atomic E-state index is 8.25. The first-order valence-electron chi connectivity index (χ1n) is 2.59. The van der Waals surface area contributed by atoms with Crippen molar-refractivity contribution in [2.75, 3.05) is 13.1 Å². The van der Waals surface area contributed by atoms with Gasteiger partial charge in [0, 0.05) is 6.47 Å². The van der Waals surface area contributed by atoms with E-state index in [1.165, 1.54) is 0 Å². The Morgan fingerprint density at radius 1 is 1.44 bits per heavy atom. The predicted molar refractivity (Wildman–Crippen MR) is 30.3 cm³/mol. The van der Waals surface area contributed by atoms with E-state index in [2.05, 4.69) is 19.2 Å². The summed E-state index contributed by atoms with van der Waals surface area (Å²) in [6.07, 6.45) is 0. The van der Waals surface area contributed by atoms with Crippen molar-refractivity contribution in [3.8, 4) is 0 Å². The van der Waals surface area contributed by atoms with Crippen molar-refractivity contribution in [1.29, 1.82) is 0 Å². The van der Waals surface area contributed by atoms with Gasteiger partial charge < -0.3 is 15.2 Å². The zero-order valence-electron chi connectivity index (χ0n) is 6.31. The van der Waals surface area contributed by atoms with Gasteiger partial charge in [0.15, 0.2) is 0 Å². The summed E-state index contributed by atoms with van der Waals surface area (Å²) in [5.74, 6) is 0. The molecule has 0 heterocycles. The van der Waals surface area contributed by atoms with Gasteiger partial charge in [0.1, 0.15) is 0 Å². The second-order valence-electron chi connectivity index (χ2n) is 1.05. The summed E-state index contributed by atoms with van der Waals surface area (Å²) in [7, 11) is 0. The van der Waals surface area contributed by atoms with Crippen LogP contribution in [-0.4, -0.2) is 19.6 Å². The third kappa shape index (κ3) is 59.0. The van der Waals surface area contributed by atoms with Crippen molar-refractivity contribution in [2.45, 2.75) is 13.8 Å². The molecule has 50 valence electrons. The molecule has 0 amide bonds. The predicted octanol–water partition coefficient (Wildman–Crippen LogP) is -4.01. The molecule has 0 aromatic heterocycles. The Bertz CT molecular complexity index is 41.9. The van der Waals surface area contributed by atoms with Crippen molar-refractivity contribution in [2.24, 2.45) is 0 Å². The molecule has 0 aliphatic heterocycles. The van der Waals surface area contributed by atoms with Crippen LogP contribution in [0.2, 0.25) is 0 Å². The van der Waals surface area contributed by atoms with E-state index in [0.29, 0.717) is 0 Å². The Labute approximate surface area is 78.1 Å². The number of hydrogen-bond acceptors (Lipinski definition) is 3. The second-order valence-corrected chi connectivity index (χ2v) is 1.05. The first kappa shape index (κ1) is 16.2. The van der Waals surface area contributed by atoms with Crippen LogP contribution in [0.25, 0.3) is 0 Å². The summed E-state index contributed by atoms with van der Waals surface area (Å²) in [6, 6.07) is 0. The van der Waals surface area contributed by atoms with Crippen LogP contribution in [0.4, 0.5) is 0 Å². The van der Waals surface area contributed by atoms with Crippen LogP contribution < -0.4 is 40.0 Å². The minimum Gasteiger partial charge on any atom is -0.554 e. The van der Waals surface area contributed by atoms with Gasteiger partial charge in [0.05, 0.1) is 0 Å². The van der Waals surface area contributed by atoms with Crippen molar-refractivity contribution < 1.29 is 39.5 Å². The molecule has 0 saturated heterocycles. The fraction of sp³-hybridized carbons (Fsp3) is 0.800. The van der Waals surface area contributed by atoms with Gasteiger partial charge in [-0.3, -0.25) is 0 Å². The first-order chi connectivity index (χ1) is 3.83. The molecule has 0 spiro atoms. The van der Waals surface area contributed by atoms with Crippen molar-refractivity contribution in [1.82, 2.24) is 5.32 Å². The summed E-state index contributed by atoms with van der Waals surface area (Å²) >= 11 is 0. The molecule has 0 bridgehead atoms. The van der Waals surface area contributed by atoms with Gasteiger partial charge in [-0.05, 0) is 13.1 Å². The Morgan fingerprint density at radius 2 is 1.67 bits per heavy atom. The molecule has 0 rings (SSSR count). The fourth-order valence-corrected chi connectivity index (χ4v) is 0.250. The minimum absolute atomic E-state index is 0. The smallest absolute Gasteiger partial charge is 0.554 e. The largest absolute Gasteiger partial charge is 1.00 e. The Kier molecular flexibility index (Phi) is 42.7. The molecule has 0 aromatic carbocycles. The van der Waals surface area contributed by atoms with Gasteiger partial charge in [-0.25, -0.2) is 0 Å². The molecule has 3 nitrogen and oxygen atoms in total. The Balaban J connectivity index is -0.0000000800. The number of carbonyl (C=O) groups excluding carboxylic acids is 1. The van der Waals surface area contributed by atoms with E-state index in [9.17, 15) is 0 Å². The number of carboxylic acid groups (broad SMARTS) is 1. The average molecular weight is 141 g/mol. The van der Waals surface area contributed by atoms with E-state index in [4.69, 9.17) is 9.90 Å². The third-order valence-corrected chi connectivity index (χ3v) is 0.500. The van der Waals surface area contributed by atoms with E-state index < -0.39 is 6.47 Å². The van der Waals surface area contributed by atoms with Gasteiger partial charge in [0.25, 0.3) is 0 Å². The van der Waals surface area contributed by atoms with Gasteiger partial charge in [-0.2, -0.15) is 0 Å². The topological polar surface area (TPSA) is 52.2 Å². The third-order valence-electron chi connectivity index (χ3n) is 0.500. The summed E-state index contributed by atoms with van der Waals surface area (Å²) < 4.78 is 0. The molecule has 0 aliphatic carbocycles. The van der Waals surface area contributed by atoms with Crippen LogP contribution in [0.15, 0.2) is 0 Å². The molecule has 9 heavy (non-hydrogen) atoms. The van der Waals surface area contributed by atoms with E-state index >= 15 is 0 Å². The molecule has 0 atom stereocenters. The van der Waals surface area contributed by atoms with Crippen LogP contribution in [0.3, 0.4) is 0 Å². The van der Waals surface area contributed by atoms with E-state index in [1.54, 1.807) is 0 Å². The Morgan fingerprint density at radius 3 is 1.67 bits per heavy atom. The molecule has 0 aliphatic rings. The summed E-state index contributed by atoms with van der Waals surface area (Å²) in [5.41, 5.74) is 0. The van der Waals surface area contributed by atoms with Crippen molar-refractivity contribution in [3.05, 3.63) is 0 Å². The zero-order chi connectivity index (χ0) is 6.83. The van der Waals surface area contributed by atoms with Crippen molar-refractivity contribution >= 4 is 6.47 Å². The van der Waals surface area contributed by atoms with Crippen molar-refractivity contribution in [3.63, 3.8) is 0 Å². The van der Waals surface area contributed by atoms with E-state index in [1.807, 2.05) is 0 Å². The molecule has 1 N–H and O–H groups in total. The summed E-state index contributed by atoms with van der Waals surface area (Å²) in [4.78, 5) is 8.25. The number of carbonyl (C=O) groups is 1. The van der Waals surface area contributed by atoms with Gasteiger partial charge in [-0.15, -0.1) is 0 Å². The molecule has 0 fully saturated rings. The quantitative estimate of drug-likeness (QED) is 0.315. The summed E-state index contributed by atoms with van der Waals surface area (Å²) in [5, 5.41) is 11.4. The molecule has 0 radical (unpaired) electrons. The maximum Gasteiger partial charge on any atom is 1.00 e. The fourth-order valence-electron chi connectivity index (χ4n) is 0.250. The molecule has 0 saturated carbocycles. The minimum atomic E-state index is -0.500. The van der Waals surface area contributed by atoms with Gasteiger partial charge in [0.2, 0.25) is 0 Å². The normalized spacial score (nSPS) is 6.00. The van der Waals surface area contributed by atoms with Gasteiger partial charge >= 0.3 is 29.6 Å². The van der Waals surface area contributed by atoms with Crippen LogP contribution >= 0.6 is 0 Å². The van der Waals surface area contributed by atoms with Crippen LogP contribution in [0.1, 0.15) is 13.8 Å². The van der Waals surface area contributed by atoms with Gasteiger partial charge in [-0.1, -0.05) is 13.8 Å². The number of hydrogen-bond donors (Lipinski definition) is 1.